The summed E-state index contributed by atoms with van der Waals surface area (Å²) in [6.45, 7) is 23.1. The van der Waals surface area contributed by atoms with Crippen LogP contribution in [0.25, 0.3) is 44.5 Å². The van der Waals surface area contributed by atoms with Gasteiger partial charge in [0.25, 0.3) is 0 Å². The van der Waals surface area contributed by atoms with Crippen molar-refractivity contribution in [3.8, 4) is 56.0 Å². The van der Waals surface area contributed by atoms with Crippen LogP contribution in [0.5, 0.6) is 11.5 Å². The minimum atomic E-state index is -0.200. The Morgan fingerprint density at radius 1 is 0.397 bits per heavy atom. The molecule has 0 N–H and O–H groups in total. The molecular weight excluding hydrogens is 703 g/mol. The summed E-state index contributed by atoms with van der Waals surface area (Å²) < 4.78 is 7.09. The van der Waals surface area contributed by atoms with Crippen molar-refractivity contribution < 1.29 is 4.74 Å². The summed E-state index contributed by atoms with van der Waals surface area (Å²) in [4.78, 5) is 2.42. The van der Waals surface area contributed by atoms with Gasteiger partial charge in [-0.3, -0.25) is 0 Å². The van der Waals surface area contributed by atoms with E-state index in [-0.39, 0.29) is 21.7 Å². The van der Waals surface area contributed by atoms with E-state index in [1.807, 2.05) is 0 Å². The Labute approximate surface area is 345 Å². The van der Waals surface area contributed by atoms with Crippen molar-refractivity contribution in [3.63, 3.8) is 0 Å². The van der Waals surface area contributed by atoms with Crippen LogP contribution >= 0.6 is 0 Å². The fraction of sp³-hybridized carbons (Fsp3) is 0.250. The summed E-state index contributed by atoms with van der Waals surface area (Å²) in [7, 11) is 0. The number of benzene rings is 7. The van der Waals surface area contributed by atoms with Crippen LogP contribution in [-0.2, 0) is 21.7 Å². The first-order chi connectivity index (χ1) is 27.5. The Morgan fingerprint density at radius 2 is 0.776 bits per heavy atom. The zero-order chi connectivity index (χ0) is 40.5. The second-order valence-corrected chi connectivity index (χ2v) is 19.9. The van der Waals surface area contributed by atoms with Gasteiger partial charge in [-0.2, -0.15) is 0 Å². The first kappa shape index (κ1) is 36.5. The molecule has 58 heavy (non-hydrogen) atoms. The molecule has 0 radical (unpaired) electrons. The molecule has 2 nitrogen and oxygen atoms in total. The molecule has 0 saturated heterocycles. The number of hydrogen-bond donors (Lipinski definition) is 0. The van der Waals surface area contributed by atoms with Crippen LogP contribution in [0.4, 0.5) is 17.1 Å². The Balaban J connectivity index is 1.08. The smallest absolute Gasteiger partial charge is 0.151 e. The predicted molar refractivity (Wildman–Crippen MR) is 245 cm³/mol. The molecule has 1 aliphatic heterocycles. The Kier molecular flexibility index (Phi) is 7.75. The van der Waals surface area contributed by atoms with Gasteiger partial charge in [-0.15, -0.1) is 0 Å². The molecule has 0 saturated carbocycles. The van der Waals surface area contributed by atoms with Gasteiger partial charge in [-0.25, -0.2) is 0 Å². The van der Waals surface area contributed by atoms with Gasteiger partial charge in [0.15, 0.2) is 11.5 Å². The van der Waals surface area contributed by atoms with Crippen LogP contribution in [0.15, 0.2) is 140 Å². The first-order valence-corrected chi connectivity index (χ1v) is 20.9. The summed E-state index contributed by atoms with van der Waals surface area (Å²) in [6, 6.07) is 52.5. The van der Waals surface area contributed by atoms with Crippen LogP contribution < -0.4 is 9.64 Å². The summed E-state index contributed by atoms with van der Waals surface area (Å²) in [5.74, 6) is 1.78. The van der Waals surface area contributed by atoms with E-state index in [0.717, 1.165) is 28.6 Å². The molecular formula is C56H53NO. The van der Waals surface area contributed by atoms with Gasteiger partial charge in [0, 0.05) is 16.5 Å². The number of para-hydroxylation sites is 1. The molecule has 0 unspecified atom stereocenters. The van der Waals surface area contributed by atoms with E-state index < -0.39 is 0 Å². The highest BCUT2D eigenvalue weighted by Crippen LogP contribution is 2.60. The first-order valence-electron chi connectivity index (χ1n) is 20.9. The standard InChI is InChI=1S/C56H53NO/c1-53(2,3)38-22-16-34(17-23-38)36-20-26-41-43-30-49-51(32-47(43)55(7,8)45(41)28-36)58-52-33-48-44(31-50(52)57(49)40-14-12-11-13-15-40)42-27-21-37(29-46(42)56(48,9)10)35-18-24-39(25-19-35)54(4,5)6/h11-33H,1-10H3. The van der Waals surface area contributed by atoms with Gasteiger partial charge in [0.1, 0.15) is 0 Å². The average molecular weight is 756 g/mol. The van der Waals surface area contributed by atoms with E-state index >= 15 is 0 Å². The van der Waals surface area contributed by atoms with Crippen LogP contribution in [0, 0.1) is 0 Å². The van der Waals surface area contributed by atoms with Crippen molar-refractivity contribution in [1.29, 1.82) is 0 Å². The van der Waals surface area contributed by atoms with Crippen molar-refractivity contribution in [2.24, 2.45) is 0 Å². The molecule has 0 atom stereocenters. The minimum absolute atomic E-state index is 0.124. The third kappa shape index (κ3) is 5.52. The van der Waals surface area contributed by atoms with E-state index in [4.69, 9.17) is 4.74 Å². The van der Waals surface area contributed by atoms with Crippen molar-refractivity contribution >= 4 is 17.1 Å². The topological polar surface area (TPSA) is 12.5 Å². The molecule has 10 rings (SSSR count). The lowest BCUT2D eigenvalue weighted by molar-refractivity contribution is 0.473. The zero-order valence-corrected chi connectivity index (χ0v) is 35.6. The third-order valence-electron chi connectivity index (χ3n) is 13.4. The maximum atomic E-state index is 7.09. The summed E-state index contributed by atoms with van der Waals surface area (Å²) in [5.41, 5.74) is 21.3. The van der Waals surface area contributed by atoms with E-state index in [1.54, 1.807) is 0 Å². The van der Waals surface area contributed by atoms with Crippen molar-refractivity contribution in [3.05, 3.63) is 173 Å². The molecule has 0 spiro atoms. The lowest BCUT2D eigenvalue weighted by Crippen LogP contribution is -2.19. The van der Waals surface area contributed by atoms with Crippen molar-refractivity contribution in [2.75, 3.05) is 4.90 Å². The molecule has 7 aromatic rings. The summed E-state index contributed by atoms with van der Waals surface area (Å²) in [6.07, 6.45) is 0. The molecule has 2 heteroatoms. The maximum absolute atomic E-state index is 7.09. The number of hydrogen-bond acceptors (Lipinski definition) is 2. The zero-order valence-electron chi connectivity index (χ0n) is 35.6. The number of nitrogens with zero attached hydrogens (tertiary/aromatic N) is 1. The van der Waals surface area contributed by atoms with Gasteiger partial charge in [0.2, 0.25) is 0 Å². The third-order valence-corrected chi connectivity index (χ3v) is 13.4. The monoisotopic (exact) mass is 755 g/mol. The van der Waals surface area contributed by atoms with Crippen LogP contribution in [0.3, 0.4) is 0 Å². The second-order valence-electron chi connectivity index (χ2n) is 19.9. The molecule has 0 aromatic heterocycles. The van der Waals surface area contributed by atoms with Crippen LogP contribution in [0.1, 0.15) is 103 Å². The van der Waals surface area contributed by atoms with Gasteiger partial charge >= 0.3 is 0 Å². The second kappa shape index (κ2) is 12.3. The quantitative estimate of drug-likeness (QED) is 0.178. The normalized spacial score (nSPS) is 15.4. The lowest BCUT2D eigenvalue weighted by Gasteiger charge is -2.35. The van der Waals surface area contributed by atoms with Gasteiger partial charge in [-0.1, -0.05) is 160 Å². The minimum Gasteiger partial charge on any atom is -0.453 e. The molecule has 0 bridgehead atoms. The number of anilines is 3. The molecule has 1 heterocycles. The largest absolute Gasteiger partial charge is 0.453 e. The van der Waals surface area contributed by atoms with E-state index in [1.165, 1.54) is 77.9 Å². The van der Waals surface area contributed by atoms with Crippen molar-refractivity contribution in [2.45, 2.75) is 90.9 Å². The Bertz CT molecular complexity index is 2610. The molecule has 2 aliphatic carbocycles. The highest BCUT2D eigenvalue weighted by molar-refractivity contribution is 5.96. The van der Waals surface area contributed by atoms with Gasteiger partial charge in [0.05, 0.1) is 11.4 Å². The number of rotatable bonds is 3. The lowest BCUT2D eigenvalue weighted by atomic mass is 9.81. The number of ether oxygens (including phenoxy) is 1. The Hall–Kier alpha value is -5.86. The predicted octanol–water partition coefficient (Wildman–Crippen LogP) is 15.8. The molecule has 288 valence electrons. The average Bonchev–Trinajstić information content (AvgIpc) is 3.55. The van der Waals surface area contributed by atoms with E-state index in [2.05, 4.69) is 214 Å². The molecule has 7 aromatic carbocycles. The Morgan fingerprint density at radius 3 is 1.17 bits per heavy atom. The van der Waals surface area contributed by atoms with Crippen LogP contribution in [-0.4, -0.2) is 0 Å². The van der Waals surface area contributed by atoms with E-state index in [9.17, 15) is 0 Å². The summed E-state index contributed by atoms with van der Waals surface area (Å²) in [5, 5.41) is 0. The molecule has 3 aliphatic rings. The SMILES string of the molecule is CC(C)(C)c1ccc(-c2ccc3c(c2)C(C)(C)c2cc4c(cc2-3)N(c2ccccc2)c2cc3c(cc2O4)C(C)(C)c2cc(-c4ccc(C(C)(C)C)cc4)ccc2-3)cc1. The molecule has 0 fully saturated rings. The fourth-order valence-electron chi connectivity index (χ4n) is 9.80. The van der Waals surface area contributed by atoms with Crippen LogP contribution in [0.2, 0.25) is 0 Å². The maximum Gasteiger partial charge on any atom is 0.151 e. The molecule has 0 amide bonds. The fourth-order valence-corrected chi connectivity index (χ4v) is 9.80. The van der Waals surface area contributed by atoms with Crippen molar-refractivity contribution in [1.82, 2.24) is 0 Å². The van der Waals surface area contributed by atoms with Gasteiger partial charge in [-0.05, 0) is 137 Å². The highest BCUT2D eigenvalue weighted by atomic mass is 16.5. The van der Waals surface area contributed by atoms with Gasteiger partial charge < -0.3 is 9.64 Å². The highest BCUT2D eigenvalue weighted by Gasteiger charge is 2.41. The number of fused-ring (bicyclic) bond motifs is 8. The van der Waals surface area contributed by atoms with E-state index in [0.29, 0.717) is 0 Å². The summed E-state index contributed by atoms with van der Waals surface area (Å²) >= 11 is 0.